The first-order valence-electron chi connectivity index (χ1n) is 10.2. The molecule has 1 atom stereocenters. The second-order valence-electron chi connectivity index (χ2n) is 7.89. The highest BCUT2D eigenvalue weighted by Gasteiger charge is 2.28. The van der Waals surface area contributed by atoms with Crippen LogP contribution in [0.4, 0.5) is 0 Å². The van der Waals surface area contributed by atoms with Gasteiger partial charge in [-0.1, -0.05) is 6.42 Å². The molecular weight excluding hydrogens is 342 g/mol. The van der Waals surface area contributed by atoms with Crippen molar-refractivity contribution in [3.63, 3.8) is 0 Å². The van der Waals surface area contributed by atoms with E-state index < -0.39 is 0 Å². The number of amides is 2. The highest BCUT2D eigenvalue weighted by molar-refractivity contribution is 6.01. The van der Waals surface area contributed by atoms with Crippen molar-refractivity contribution in [1.29, 1.82) is 0 Å². The van der Waals surface area contributed by atoms with Gasteiger partial charge in [-0.2, -0.15) is 0 Å². The van der Waals surface area contributed by atoms with Crippen molar-refractivity contribution in [1.82, 2.24) is 15.1 Å². The standard InChI is InChI=1S/C21H29N3O3/c25-20(22-18-5-4-12-27-15-18)16-6-7-19-17(13-16)14-24(21(19)26)11-10-23-8-2-1-3-9-23/h6-7,13,18H,1-5,8-12,14-15H2,(H,22,25)/t18-/m1/s1. The molecule has 6 heteroatoms. The summed E-state index contributed by atoms with van der Waals surface area (Å²) in [6.07, 6.45) is 5.79. The lowest BCUT2D eigenvalue weighted by molar-refractivity contribution is 0.0624. The van der Waals surface area contributed by atoms with E-state index in [0.29, 0.717) is 18.7 Å². The second-order valence-corrected chi connectivity index (χ2v) is 7.89. The van der Waals surface area contributed by atoms with Crippen LogP contribution in [0.25, 0.3) is 0 Å². The van der Waals surface area contributed by atoms with Gasteiger partial charge >= 0.3 is 0 Å². The molecule has 2 saturated heterocycles. The van der Waals surface area contributed by atoms with E-state index in [9.17, 15) is 9.59 Å². The Balaban J connectivity index is 1.35. The van der Waals surface area contributed by atoms with E-state index in [1.54, 1.807) is 6.07 Å². The van der Waals surface area contributed by atoms with Crippen LogP contribution in [0.2, 0.25) is 0 Å². The van der Waals surface area contributed by atoms with Crippen LogP contribution in [-0.4, -0.2) is 67.0 Å². The van der Waals surface area contributed by atoms with Crippen LogP contribution < -0.4 is 5.32 Å². The lowest BCUT2D eigenvalue weighted by Gasteiger charge is -2.28. The molecule has 3 aliphatic heterocycles. The monoisotopic (exact) mass is 371 g/mol. The zero-order valence-corrected chi connectivity index (χ0v) is 15.9. The van der Waals surface area contributed by atoms with E-state index in [4.69, 9.17) is 4.74 Å². The van der Waals surface area contributed by atoms with Gasteiger partial charge < -0.3 is 19.9 Å². The first-order chi connectivity index (χ1) is 13.2. The number of rotatable bonds is 5. The van der Waals surface area contributed by atoms with Gasteiger partial charge in [0.1, 0.15) is 0 Å². The van der Waals surface area contributed by atoms with Crippen LogP contribution in [0.15, 0.2) is 18.2 Å². The molecule has 0 radical (unpaired) electrons. The number of likely N-dealkylation sites (tertiary alicyclic amines) is 1. The molecule has 146 valence electrons. The summed E-state index contributed by atoms with van der Waals surface area (Å²) in [7, 11) is 0. The Morgan fingerprint density at radius 2 is 2.00 bits per heavy atom. The fraction of sp³-hybridized carbons (Fsp3) is 0.619. The third kappa shape index (κ3) is 4.33. The quantitative estimate of drug-likeness (QED) is 0.860. The maximum absolute atomic E-state index is 12.7. The topological polar surface area (TPSA) is 61.9 Å². The smallest absolute Gasteiger partial charge is 0.254 e. The zero-order valence-electron chi connectivity index (χ0n) is 15.9. The summed E-state index contributed by atoms with van der Waals surface area (Å²) in [5.74, 6) is 0.0159. The molecule has 3 heterocycles. The maximum Gasteiger partial charge on any atom is 0.254 e. The molecule has 6 nitrogen and oxygen atoms in total. The van der Waals surface area contributed by atoms with Gasteiger partial charge in [-0.05, 0) is 62.5 Å². The summed E-state index contributed by atoms with van der Waals surface area (Å²) < 4.78 is 5.43. The van der Waals surface area contributed by atoms with Crippen molar-refractivity contribution < 1.29 is 14.3 Å². The molecule has 0 unspecified atom stereocenters. The number of benzene rings is 1. The molecule has 0 saturated carbocycles. The lowest BCUT2D eigenvalue weighted by Crippen LogP contribution is -2.40. The number of nitrogens with one attached hydrogen (secondary N) is 1. The van der Waals surface area contributed by atoms with Crippen molar-refractivity contribution in [3.8, 4) is 0 Å². The Hall–Kier alpha value is -1.92. The minimum atomic E-state index is -0.0764. The van der Waals surface area contributed by atoms with Crippen LogP contribution in [0.3, 0.4) is 0 Å². The summed E-state index contributed by atoms with van der Waals surface area (Å²) >= 11 is 0. The molecule has 4 rings (SSSR count). The van der Waals surface area contributed by atoms with Gasteiger partial charge in [-0.15, -0.1) is 0 Å². The van der Waals surface area contributed by atoms with Gasteiger partial charge in [-0.3, -0.25) is 9.59 Å². The summed E-state index contributed by atoms with van der Waals surface area (Å²) in [4.78, 5) is 29.6. The number of ether oxygens (including phenoxy) is 1. The third-order valence-electron chi connectivity index (χ3n) is 5.88. The summed E-state index contributed by atoms with van der Waals surface area (Å²) in [5, 5.41) is 3.05. The van der Waals surface area contributed by atoms with Crippen LogP contribution in [0, 0.1) is 0 Å². The molecule has 27 heavy (non-hydrogen) atoms. The molecule has 0 bridgehead atoms. The van der Waals surface area contributed by atoms with Gasteiger partial charge in [0.25, 0.3) is 11.8 Å². The number of carbonyl (C=O) groups excluding carboxylic acids is 2. The average molecular weight is 371 g/mol. The van der Waals surface area contributed by atoms with Crippen LogP contribution in [0.1, 0.15) is 58.4 Å². The molecule has 0 spiro atoms. The number of carbonyl (C=O) groups is 2. The Kier molecular flexibility index (Phi) is 5.74. The predicted octanol–water partition coefficient (Wildman–Crippen LogP) is 2.04. The van der Waals surface area contributed by atoms with Crippen LogP contribution in [0.5, 0.6) is 0 Å². The highest BCUT2D eigenvalue weighted by Crippen LogP contribution is 2.24. The van der Waals surface area contributed by atoms with Gasteiger partial charge in [-0.25, -0.2) is 0 Å². The van der Waals surface area contributed by atoms with Gasteiger partial charge in [0.05, 0.1) is 12.6 Å². The fourth-order valence-electron chi connectivity index (χ4n) is 4.27. The summed E-state index contributed by atoms with van der Waals surface area (Å²) in [5.41, 5.74) is 2.34. The molecule has 1 aromatic carbocycles. The molecular formula is C21H29N3O3. The van der Waals surface area contributed by atoms with Crippen molar-refractivity contribution in [2.45, 2.75) is 44.7 Å². The molecule has 0 aliphatic carbocycles. The van der Waals surface area contributed by atoms with E-state index in [0.717, 1.165) is 56.8 Å². The van der Waals surface area contributed by atoms with E-state index in [1.807, 2.05) is 17.0 Å². The Bertz CT molecular complexity index is 694. The molecule has 2 amide bonds. The minimum Gasteiger partial charge on any atom is -0.379 e. The fourth-order valence-corrected chi connectivity index (χ4v) is 4.27. The van der Waals surface area contributed by atoms with E-state index in [-0.39, 0.29) is 17.9 Å². The molecule has 1 N–H and O–H groups in total. The number of hydrogen-bond donors (Lipinski definition) is 1. The van der Waals surface area contributed by atoms with Crippen molar-refractivity contribution >= 4 is 11.8 Å². The Morgan fingerprint density at radius 1 is 1.15 bits per heavy atom. The predicted molar refractivity (Wildman–Crippen MR) is 103 cm³/mol. The first-order valence-corrected chi connectivity index (χ1v) is 10.2. The minimum absolute atomic E-state index is 0.0764. The van der Waals surface area contributed by atoms with Gasteiger partial charge in [0.15, 0.2) is 0 Å². The zero-order chi connectivity index (χ0) is 18.6. The normalized spacial score (nSPS) is 23.3. The molecule has 1 aromatic rings. The first kappa shape index (κ1) is 18.4. The number of nitrogens with zero attached hydrogens (tertiary/aromatic N) is 2. The van der Waals surface area contributed by atoms with Gasteiger partial charge in [0.2, 0.25) is 0 Å². The Labute approximate surface area is 160 Å². The second kappa shape index (κ2) is 8.40. The molecule has 3 aliphatic rings. The van der Waals surface area contributed by atoms with E-state index >= 15 is 0 Å². The Morgan fingerprint density at radius 3 is 2.78 bits per heavy atom. The van der Waals surface area contributed by atoms with Crippen molar-refractivity contribution in [3.05, 3.63) is 34.9 Å². The van der Waals surface area contributed by atoms with E-state index in [1.165, 1.54) is 19.3 Å². The van der Waals surface area contributed by atoms with E-state index in [2.05, 4.69) is 10.2 Å². The van der Waals surface area contributed by atoms with Crippen LogP contribution in [-0.2, 0) is 11.3 Å². The molecule has 2 fully saturated rings. The van der Waals surface area contributed by atoms with Crippen LogP contribution >= 0.6 is 0 Å². The maximum atomic E-state index is 12.7. The number of hydrogen-bond acceptors (Lipinski definition) is 4. The SMILES string of the molecule is O=C(N[C@@H]1CCCOC1)c1ccc2c(c1)CN(CCN1CCCCC1)C2=O. The summed E-state index contributed by atoms with van der Waals surface area (Å²) in [6, 6.07) is 5.55. The lowest BCUT2D eigenvalue weighted by atomic mass is 10.0. The third-order valence-corrected chi connectivity index (χ3v) is 5.88. The summed E-state index contributed by atoms with van der Waals surface area (Å²) in [6.45, 7) is 5.95. The van der Waals surface area contributed by atoms with Crippen molar-refractivity contribution in [2.24, 2.45) is 0 Å². The largest absolute Gasteiger partial charge is 0.379 e. The van der Waals surface area contributed by atoms with Crippen molar-refractivity contribution in [2.75, 3.05) is 39.4 Å². The number of piperidine rings is 1. The molecule has 0 aromatic heterocycles. The highest BCUT2D eigenvalue weighted by atomic mass is 16.5. The van der Waals surface area contributed by atoms with Gasteiger partial charge in [0, 0.05) is 37.4 Å². The number of fused-ring (bicyclic) bond motifs is 1. The average Bonchev–Trinajstić information content (AvgIpc) is 3.03.